The Kier molecular flexibility index (Phi) is 6.34. The molecule has 32 heavy (non-hydrogen) atoms. The molecule has 2 aromatic carbocycles. The van der Waals surface area contributed by atoms with Crippen LogP contribution in [0.3, 0.4) is 0 Å². The lowest BCUT2D eigenvalue weighted by molar-refractivity contribution is 0.103. The van der Waals surface area contributed by atoms with Crippen molar-refractivity contribution in [3.63, 3.8) is 0 Å². The lowest BCUT2D eigenvalue weighted by Gasteiger charge is -2.13. The van der Waals surface area contributed by atoms with E-state index in [1.165, 1.54) is 49.0 Å². The lowest BCUT2D eigenvalue weighted by Crippen LogP contribution is -2.16. The molecule has 0 atom stereocenters. The number of ketones is 1. The number of nitrogens with one attached hydrogen (secondary N) is 1. The quantitative estimate of drug-likeness (QED) is 0.382. The monoisotopic (exact) mass is 467 g/mol. The minimum Gasteiger partial charge on any atom is -0.449 e. The first-order valence-electron chi connectivity index (χ1n) is 9.67. The number of hydrogen-bond donors (Lipinski definition) is 1. The van der Waals surface area contributed by atoms with Gasteiger partial charge in [0.2, 0.25) is 0 Å². The van der Waals surface area contributed by atoms with Crippen LogP contribution in [-0.4, -0.2) is 24.2 Å². The molecule has 9 heteroatoms. The molecule has 0 aliphatic rings. The SMILES string of the molecule is O=C(c1ccncc1)c1cc(Cl)ccc1NS(=O)(=O)c1ccc(CCc2ncco2)cc1. The summed E-state index contributed by atoms with van der Waals surface area (Å²) in [5.74, 6) is 0.256. The number of benzene rings is 2. The van der Waals surface area contributed by atoms with E-state index in [0.29, 0.717) is 29.3 Å². The first-order chi connectivity index (χ1) is 15.4. The van der Waals surface area contributed by atoms with Crippen LogP contribution in [0.5, 0.6) is 0 Å². The van der Waals surface area contributed by atoms with Gasteiger partial charge in [-0.05, 0) is 54.4 Å². The van der Waals surface area contributed by atoms with Gasteiger partial charge in [-0.1, -0.05) is 23.7 Å². The number of oxazole rings is 1. The largest absolute Gasteiger partial charge is 0.449 e. The minimum atomic E-state index is -3.93. The maximum atomic E-state index is 13.0. The van der Waals surface area contributed by atoms with Crippen molar-refractivity contribution in [3.8, 4) is 0 Å². The molecule has 0 saturated carbocycles. The summed E-state index contributed by atoms with van der Waals surface area (Å²) in [5, 5.41) is 0.320. The Morgan fingerprint density at radius 1 is 0.969 bits per heavy atom. The van der Waals surface area contributed by atoms with Gasteiger partial charge in [-0.3, -0.25) is 14.5 Å². The molecule has 0 unspecified atom stereocenters. The number of pyridine rings is 1. The normalized spacial score (nSPS) is 11.3. The average Bonchev–Trinajstić information content (AvgIpc) is 3.33. The molecular formula is C23H18ClN3O4S. The van der Waals surface area contributed by atoms with E-state index >= 15 is 0 Å². The summed E-state index contributed by atoms with van der Waals surface area (Å²) in [6.07, 6.45) is 7.36. The maximum absolute atomic E-state index is 13.0. The second kappa shape index (κ2) is 9.33. The number of hydrogen-bond acceptors (Lipinski definition) is 6. The molecule has 0 bridgehead atoms. The number of aryl methyl sites for hydroxylation is 2. The van der Waals surface area contributed by atoms with Gasteiger partial charge in [0.15, 0.2) is 11.7 Å². The van der Waals surface area contributed by atoms with Gasteiger partial charge in [-0.25, -0.2) is 13.4 Å². The first kappa shape index (κ1) is 21.7. The third-order valence-corrected chi connectivity index (χ3v) is 6.37. The summed E-state index contributed by atoms with van der Waals surface area (Å²) < 4.78 is 33.6. The fourth-order valence-corrected chi connectivity index (χ4v) is 4.37. The molecule has 0 radical (unpaired) electrons. The van der Waals surface area contributed by atoms with Crippen LogP contribution in [0.25, 0.3) is 0 Å². The number of aromatic nitrogens is 2. The van der Waals surface area contributed by atoms with Crippen molar-refractivity contribution in [1.29, 1.82) is 0 Å². The highest BCUT2D eigenvalue weighted by Gasteiger charge is 2.20. The molecule has 7 nitrogen and oxygen atoms in total. The van der Waals surface area contributed by atoms with Gasteiger partial charge in [0.1, 0.15) is 6.26 Å². The van der Waals surface area contributed by atoms with Crippen LogP contribution in [0.15, 0.2) is 88.8 Å². The van der Waals surface area contributed by atoms with Crippen LogP contribution >= 0.6 is 11.6 Å². The zero-order valence-electron chi connectivity index (χ0n) is 16.7. The minimum absolute atomic E-state index is 0.0784. The van der Waals surface area contributed by atoms with Gasteiger partial charge in [-0.15, -0.1) is 0 Å². The van der Waals surface area contributed by atoms with Crippen LogP contribution in [-0.2, 0) is 22.9 Å². The Balaban J connectivity index is 1.55. The van der Waals surface area contributed by atoms with Crippen molar-refractivity contribution < 1.29 is 17.6 Å². The van der Waals surface area contributed by atoms with E-state index in [0.717, 1.165) is 5.56 Å². The van der Waals surface area contributed by atoms with Crippen LogP contribution < -0.4 is 4.72 Å². The van der Waals surface area contributed by atoms with E-state index in [1.54, 1.807) is 30.5 Å². The van der Waals surface area contributed by atoms with Crippen LogP contribution in [0.4, 0.5) is 5.69 Å². The van der Waals surface area contributed by atoms with Crippen LogP contribution in [0, 0.1) is 0 Å². The molecule has 0 aliphatic carbocycles. The summed E-state index contributed by atoms with van der Waals surface area (Å²) in [5.41, 5.74) is 1.61. The zero-order valence-corrected chi connectivity index (χ0v) is 18.3. The number of carbonyl (C=O) groups is 1. The Morgan fingerprint density at radius 3 is 2.41 bits per heavy atom. The van der Waals surface area contributed by atoms with Crippen molar-refractivity contribution in [3.05, 3.63) is 107 Å². The molecule has 162 valence electrons. The number of sulfonamides is 1. The van der Waals surface area contributed by atoms with Crippen molar-refractivity contribution >= 4 is 33.1 Å². The van der Waals surface area contributed by atoms with E-state index in [9.17, 15) is 13.2 Å². The van der Waals surface area contributed by atoms with Crippen molar-refractivity contribution in [2.24, 2.45) is 0 Å². The second-order valence-electron chi connectivity index (χ2n) is 6.93. The summed E-state index contributed by atoms with van der Waals surface area (Å²) in [6.45, 7) is 0. The predicted molar refractivity (Wildman–Crippen MR) is 120 cm³/mol. The van der Waals surface area contributed by atoms with Gasteiger partial charge < -0.3 is 4.42 Å². The standard InChI is InChI=1S/C23H18ClN3O4S/c24-18-4-7-21(20(15-18)23(28)17-9-11-25-12-10-17)27-32(29,30)19-5-1-16(2-6-19)3-8-22-26-13-14-31-22/h1-2,4-7,9-15,27H,3,8H2. The molecule has 4 aromatic rings. The third kappa shape index (κ3) is 5.04. The summed E-state index contributed by atoms with van der Waals surface area (Å²) in [7, 11) is -3.93. The first-order valence-corrected chi connectivity index (χ1v) is 11.5. The molecule has 0 aliphatic heterocycles. The number of nitrogens with zero attached hydrogens (tertiary/aromatic N) is 2. The summed E-state index contributed by atoms with van der Waals surface area (Å²) in [6, 6.07) is 14.1. The van der Waals surface area contributed by atoms with E-state index in [1.807, 2.05) is 0 Å². The van der Waals surface area contributed by atoms with E-state index in [4.69, 9.17) is 16.0 Å². The molecule has 1 N–H and O–H groups in total. The number of rotatable bonds is 8. The highest BCUT2D eigenvalue weighted by molar-refractivity contribution is 7.92. The Bertz CT molecular complexity index is 1320. The number of carbonyl (C=O) groups excluding carboxylic acids is 1. The lowest BCUT2D eigenvalue weighted by atomic mass is 10.0. The molecule has 4 rings (SSSR count). The smallest absolute Gasteiger partial charge is 0.261 e. The molecule has 0 saturated heterocycles. The fourth-order valence-electron chi connectivity index (χ4n) is 3.12. The van der Waals surface area contributed by atoms with Crippen molar-refractivity contribution in [1.82, 2.24) is 9.97 Å². The van der Waals surface area contributed by atoms with Gasteiger partial charge in [-0.2, -0.15) is 0 Å². The Labute approximate surface area is 190 Å². The fraction of sp³-hybridized carbons (Fsp3) is 0.0870. The average molecular weight is 468 g/mol. The predicted octanol–water partition coefficient (Wildman–Crippen LogP) is 4.54. The molecule has 2 aromatic heterocycles. The van der Waals surface area contributed by atoms with Crippen LogP contribution in [0.1, 0.15) is 27.4 Å². The summed E-state index contributed by atoms with van der Waals surface area (Å²) >= 11 is 6.07. The Morgan fingerprint density at radius 2 is 1.72 bits per heavy atom. The van der Waals surface area contributed by atoms with E-state index in [-0.39, 0.29) is 21.9 Å². The number of anilines is 1. The van der Waals surface area contributed by atoms with E-state index < -0.39 is 10.0 Å². The van der Waals surface area contributed by atoms with Crippen molar-refractivity contribution in [2.75, 3.05) is 4.72 Å². The van der Waals surface area contributed by atoms with Crippen molar-refractivity contribution in [2.45, 2.75) is 17.7 Å². The Hall–Kier alpha value is -3.49. The third-order valence-electron chi connectivity index (χ3n) is 4.76. The second-order valence-corrected chi connectivity index (χ2v) is 9.05. The molecule has 0 spiro atoms. The van der Waals surface area contributed by atoms with E-state index in [2.05, 4.69) is 14.7 Å². The van der Waals surface area contributed by atoms with Gasteiger partial charge >= 0.3 is 0 Å². The molecule has 0 amide bonds. The van der Waals surface area contributed by atoms with Gasteiger partial charge in [0.25, 0.3) is 10.0 Å². The topological polar surface area (TPSA) is 102 Å². The molecule has 0 fully saturated rings. The van der Waals surface area contributed by atoms with Gasteiger partial charge in [0.05, 0.1) is 16.8 Å². The highest BCUT2D eigenvalue weighted by atomic mass is 35.5. The van der Waals surface area contributed by atoms with Gasteiger partial charge in [0, 0.05) is 35.0 Å². The molecule has 2 heterocycles. The summed E-state index contributed by atoms with van der Waals surface area (Å²) in [4.78, 5) is 21.0. The highest BCUT2D eigenvalue weighted by Crippen LogP contribution is 2.26. The number of halogens is 1. The maximum Gasteiger partial charge on any atom is 0.261 e. The molecular weight excluding hydrogens is 450 g/mol. The zero-order chi connectivity index (χ0) is 22.6. The van der Waals surface area contributed by atoms with Crippen LogP contribution in [0.2, 0.25) is 5.02 Å².